The molecule has 0 aliphatic heterocycles. The summed E-state index contributed by atoms with van der Waals surface area (Å²) in [6.45, 7) is 4.08. The van der Waals surface area contributed by atoms with Crippen LogP contribution in [0.25, 0.3) is 21.0 Å². The summed E-state index contributed by atoms with van der Waals surface area (Å²) in [5.74, 6) is 0.330. The molecule has 26 heavy (non-hydrogen) atoms. The lowest BCUT2D eigenvalue weighted by molar-refractivity contribution is 0.102. The molecule has 0 bridgehead atoms. The van der Waals surface area contributed by atoms with Crippen molar-refractivity contribution in [3.63, 3.8) is 0 Å². The zero-order chi connectivity index (χ0) is 18.3. The summed E-state index contributed by atoms with van der Waals surface area (Å²) < 4.78 is 6.53. The summed E-state index contributed by atoms with van der Waals surface area (Å²) in [6, 6.07) is 15.8. The molecule has 0 aliphatic rings. The van der Waals surface area contributed by atoms with Gasteiger partial charge >= 0.3 is 0 Å². The van der Waals surface area contributed by atoms with Gasteiger partial charge in [0, 0.05) is 0 Å². The molecule has 4 aromatic rings. The third-order valence-electron chi connectivity index (χ3n) is 4.48. The van der Waals surface area contributed by atoms with Crippen LogP contribution >= 0.6 is 11.3 Å². The van der Waals surface area contributed by atoms with Gasteiger partial charge in [-0.1, -0.05) is 47.7 Å². The van der Waals surface area contributed by atoms with E-state index in [0.717, 1.165) is 32.1 Å². The highest BCUT2D eigenvalue weighted by Gasteiger charge is 2.16. The minimum Gasteiger partial charge on any atom is -0.496 e. The number of amides is 1. The van der Waals surface area contributed by atoms with Crippen LogP contribution in [0.3, 0.4) is 0 Å². The monoisotopic (exact) mass is 362 g/mol. The Morgan fingerprint density at radius 2 is 1.73 bits per heavy atom. The van der Waals surface area contributed by atoms with Crippen molar-refractivity contribution < 1.29 is 9.53 Å². The molecule has 0 fully saturated rings. The standard InChI is InChI=1S/C21H18N2O2S/c1-12-8-9-13(2)19-18(12)22-21(26-19)23-20(24)16-10-14-6-4-5-7-15(14)11-17(16)25-3/h4-11H,1-3H3,(H,22,23,24). The number of aromatic nitrogens is 1. The molecular formula is C21H18N2O2S. The molecule has 130 valence electrons. The van der Waals surface area contributed by atoms with Crippen molar-refractivity contribution in [2.75, 3.05) is 12.4 Å². The molecule has 0 unspecified atom stereocenters. The Labute approximate surface area is 155 Å². The number of nitrogens with zero attached hydrogens (tertiary/aromatic N) is 1. The number of hydrogen-bond acceptors (Lipinski definition) is 4. The third kappa shape index (κ3) is 2.80. The van der Waals surface area contributed by atoms with Crippen LogP contribution in [0.15, 0.2) is 48.5 Å². The predicted molar refractivity (Wildman–Crippen MR) is 108 cm³/mol. The molecule has 0 radical (unpaired) electrons. The maximum absolute atomic E-state index is 12.9. The normalized spacial score (nSPS) is 11.0. The number of aryl methyl sites for hydroxylation is 2. The number of methoxy groups -OCH3 is 1. The molecule has 0 saturated carbocycles. The molecule has 1 aromatic heterocycles. The van der Waals surface area contributed by atoms with Gasteiger partial charge in [-0.3, -0.25) is 10.1 Å². The molecule has 0 aliphatic carbocycles. The van der Waals surface area contributed by atoms with Gasteiger partial charge in [-0.2, -0.15) is 0 Å². The van der Waals surface area contributed by atoms with Gasteiger partial charge in [0.1, 0.15) is 5.75 Å². The number of benzene rings is 3. The number of rotatable bonds is 3. The number of fused-ring (bicyclic) bond motifs is 2. The second-order valence-corrected chi connectivity index (χ2v) is 7.25. The quantitative estimate of drug-likeness (QED) is 0.536. The third-order valence-corrected chi connectivity index (χ3v) is 5.58. The molecule has 4 rings (SSSR count). The fraction of sp³-hybridized carbons (Fsp3) is 0.143. The van der Waals surface area contributed by atoms with Gasteiger partial charge in [-0.05, 0) is 47.9 Å². The molecule has 1 heterocycles. The number of nitrogens with one attached hydrogen (secondary N) is 1. The molecule has 0 saturated heterocycles. The van der Waals surface area contributed by atoms with Crippen LogP contribution in [-0.4, -0.2) is 18.0 Å². The van der Waals surface area contributed by atoms with Crippen LogP contribution in [0.1, 0.15) is 21.5 Å². The van der Waals surface area contributed by atoms with E-state index in [-0.39, 0.29) is 5.91 Å². The Hall–Kier alpha value is -2.92. The van der Waals surface area contributed by atoms with E-state index in [2.05, 4.69) is 29.4 Å². The number of thiazole rings is 1. The number of anilines is 1. The van der Waals surface area contributed by atoms with Gasteiger partial charge in [0.15, 0.2) is 5.13 Å². The van der Waals surface area contributed by atoms with E-state index in [1.54, 1.807) is 7.11 Å². The van der Waals surface area contributed by atoms with Gasteiger partial charge < -0.3 is 4.74 Å². The molecule has 3 aromatic carbocycles. The topological polar surface area (TPSA) is 51.2 Å². The summed E-state index contributed by atoms with van der Waals surface area (Å²) in [5.41, 5.74) is 3.70. The Balaban J connectivity index is 1.73. The van der Waals surface area contributed by atoms with E-state index in [1.807, 2.05) is 43.3 Å². The molecule has 0 atom stereocenters. The van der Waals surface area contributed by atoms with Crippen LogP contribution in [0, 0.1) is 13.8 Å². The first-order valence-corrected chi connectivity index (χ1v) is 9.13. The van der Waals surface area contributed by atoms with Crippen molar-refractivity contribution in [1.29, 1.82) is 0 Å². The minimum atomic E-state index is -0.220. The first-order chi connectivity index (χ1) is 12.6. The largest absolute Gasteiger partial charge is 0.496 e. The summed E-state index contributed by atoms with van der Waals surface area (Å²) in [4.78, 5) is 17.5. The Morgan fingerprint density at radius 3 is 2.42 bits per heavy atom. The van der Waals surface area contributed by atoms with Crippen LogP contribution in [-0.2, 0) is 0 Å². The van der Waals surface area contributed by atoms with Crippen molar-refractivity contribution >= 4 is 43.4 Å². The molecule has 1 N–H and O–H groups in total. The predicted octanol–water partition coefficient (Wildman–Crippen LogP) is 5.33. The van der Waals surface area contributed by atoms with Crippen LogP contribution in [0.2, 0.25) is 0 Å². The van der Waals surface area contributed by atoms with E-state index in [1.165, 1.54) is 11.3 Å². The summed E-state index contributed by atoms with van der Waals surface area (Å²) in [5, 5.41) is 5.55. The molecule has 5 heteroatoms. The summed E-state index contributed by atoms with van der Waals surface area (Å²) >= 11 is 1.49. The fourth-order valence-corrected chi connectivity index (χ4v) is 4.05. The van der Waals surface area contributed by atoms with Gasteiger partial charge in [-0.25, -0.2) is 4.98 Å². The molecule has 0 spiro atoms. The zero-order valence-corrected chi connectivity index (χ0v) is 15.6. The number of carbonyl (C=O) groups excluding carboxylic acids is 1. The highest BCUT2D eigenvalue weighted by Crippen LogP contribution is 2.32. The molecule has 4 nitrogen and oxygen atoms in total. The van der Waals surface area contributed by atoms with E-state index in [0.29, 0.717) is 16.4 Å². The van der Waals surface area contributed by atoms with Gasteiger partial charge in [0.05, 0.1) is 22.9 Å². The lowest BCUT2D eigenvalue weighted by Gasteiger charge is -2.10. The van der Waals surface area contributed by atoms with E-state index >= 15 is 0 Å². The Bertz CT molecular complexity index is 1110. The molecular weight excluding hydrogens is 344 g/mol. The van der Waals surface area contributed by atoms with Crippen molar-refractivity contribution in [2.45, 2.75) is 13.8 Å². The SMILES string of the molecule is COc1cc2ccccc2cc1C(=O)Nc1nc2c(C)ccc(C)c2s1. The minimum absolute atomic E-state index is 0.220. The highest BCUT2D eigenvalue weighted by atomic mass is 32.1. The number of ether oxygens (including phenoxy) is 1. The second kappa shape index (κ2) is 6.42. The van der Waals surface area contributed by atoms with Crippen molar-refractivity contribution in [2.24, 2.45) is 0 Å². The Morgan fingerprint density at radius 1 is 1.04 bits per heavy atom. The molecule has 1 amide bonds. The summed E-state index contributed by atoms with van der Waals surface area (Å²) in [7, 11) is 1.57. The van der Waals surface area contributed by atoms with Crippen molar-refractivity contribution in [3.8, 4) is 5.75 Å². The average Bonchev–Trinajstić information content (AvgIpc) is 3.08. The fourth-order valence-electron chi connectivity index (χ4n) is 3.04. The van der Waals surface area contributed by atoms with Crippen LogP contribution < -0.4 is 10.1 Å². The van der Waals surface area contributed by atoms with Crippen molar-refractivity contribution in [1.82, 2.24) is 4.98 Å². The zero-order valence-electron chi connectivity index (χ0n) is 14.8. The lowest BCUT2D eigenvalue weighted by atomic mass is 10.1. The maximum atomic E-state index is 12.9. The lowest BCUT2D eigenvalue weighted by Crippen LogP contribution is -2.13. The van der Waals surface area contributed by atoms with Gasteiger partial charge in [0.2, 0.25) is 0 Å². The average molecular weight is 362 g/mol. The van der Waals surface area contributed by atoms with Crippen molar-refractivity contribution in [3.05, 3.63) is 65.2 Å². The number of hydrogen-bond donors (Lipinski definition) is 1. The second-order valence-electron chi connectivity index (χ2n) is 6.25. The van der Waals surface area contributed by atoms with Crippen LogP contribution in [0.5, 0.6) is 5.75 Å². The first-order valence-electron chi connectivity index (χ1n) is 8.31. The van der Waals surface area contributed by atoms with Crippen LogP contribution in [0.4, 0.5) is 5.13 Å². The number of carbonyl (C=O) groups is 1. The highest BCUT2D eigenvalue weighted by molar-refractivity contribution is 7.22. The van der Waals surface area contributed by atoms with Gasteiger partial charge in [-0.15, -0.1) is 0 Å². The van der Waals surface area contributed by atoms with E-state index in [4.69, 9.17) is 4.74 Å². The van der Waals surface area contributed by atoms with E-state index < -0.39 is 0 Å². The van der Waals surface area contributed by atoms with Gasteiger partial charge in [0.25, 0.3) is 5.91 Å². The Kier molecular flexibility index (Phi) is 4.09. The maximum Gasteiger partial charge on any atom is 0.261 e. The van der Waals surface area contributed by atoms with E-state index in [9.17, 15) is 4.79 Å². The summed E-state index contributed by atoms with van der Waals surface area (Å²) in [6.07, 6.45) is 0. The first kappa shape index (κ1) is 16.5. The smallest absolute Gasteiger partial charge is 0.261 e.